The largest absolute Gasteiger partial charge is 0.447 e. The Morgan fingerprint density at radius 3 is 2.43 bits per heavy atom. The van der Waals surface area contributed by atoms with Gasteiger partial charge in [0.1, 0.15) is 5.69 Å². The highest BCUT2D eigenvalue weighted by molar-refractivity contribution is 5.85. The Hall–Kier alpha value is -2.50. The normalized spacial score (nSPS) is 10.7. The van der Waals surface area contributed by atoms with Crippen molar-refractivity contribution >= 4 is 11.8 Å². The van der Waals surface area contributed by atoms with Gasteiger partial charge in [-0.1, -0.05) is 18.2 Å². The third-order valence-corrected chi connectivity index (χ3v) is 3.12. The topological polar surface area (TPSA) is 65.3 Å². The molecule has 0 bridgehead atoms. The van der Waals surface area contributed by atoms with Crippen molar-refractivity contribution in [2.45, 2.75) is 26.9 Å². The van der Waals surface area contributed by atoms with E-state index in [2.05, 4.69) is 5.32 Å². The molecule has 0 spiro atoms. The average Bonchev–Trinajstić information content (AvgIpc) is 2.63. The van der Waals surface area contributed by atoms with Crippen LogP contribution in [-0.4, -0.2) is 21.6 Å². The number of hydrogen-bond acceptors (Lipinski definition) is 3. The number of nitrogens with zero attached hydrogens (tertiary/aromatic N) is 2. The van der Waals surface area contributed by atoms with Crippen LogP contribution in [0, 0.1) is 6.92 Å². The van der Waals surface area contributed by atoms with Crippen molar-refractivity contribution < 1.29 is 9.53 Å². The molecule has 1 heterocycles. The zero-order valence-electron chi connectivity index (χ0n) is 12.6. The summed E-state index contributed by atoms with van der Waals surface area (Å²) in [5.41, 5.74) is 1.33. The fourth-order valence-electron chi connectivity index (χ4n) is 2.06. The van der Waals surface area contributed by atoms with Gasteiger partial charge in [0.25, 0.3) is 5.56 Å². The number of amides is 1. The Labute approximate surface area is 122 Å². The molecule has 1 aromatic carbocycles. The average molecular weight is 289 g/mol. The molecule has 1 amide bonds. The van der Waals surface area contributed by atoms with Crippen LogP contribution in [0.25, 0.3) is 5.69 Å². The molecule has 1 aromatic heterocycles. The molecule has 2 aromatic rings. The minimum atomic E-state index is -0.629. The number of carbonyl (C=O) groups is 1. The predicted molar refractivity (Wildman–Crippen MR) is 81.0 cm³/mol. The van der Waals surface area contributed by atoms with Gasteiger partial charge in [0.15, 0.2) is 0 Å². The standard InChI is InChI=1S/C15H19N3O3/c1-10(2)21-15(20)16-13-11(3)17(4)18(14(13)19)12-8-6-5-7-9-12/h5-10H,1-4H3,(H,16,20). The Morgan fingerprint density at radius 1 is 1.24 bits per heavy atom. The van der Waals surface area contributed by atoms with E-state index in [9.17, 15) is 9.59 Å². The maximum atomic E-state index is 12.5. The smallest absolute Gasteiger partial charge is 0.412 e. The van der Waals surface area contributed by atoms with E-state index >= 15 is 0 Å². The summed E-state index contributed by atoms with van der Waals surface area (Å²) in [4.78, 5) is 24.2. The van der Waals surface area contributed by atoms with Crippen molar-refractivity contribution in [3.05, 3.63) is 46.4 Å². The minimum absolute atomic E-state index is 0.229. The van der Waals surface area contributed by atoms with Crippen molar-refractivity contribution in [2.75, 3.05) is 5.32 Å². The van der Waals surface area contributed by atoms with Gasteiger partial charge in [0, 0.05) is 7.05 Å². The molecule has 0 aliphatic carbocycles. The first kappa shape index (κ1) is 14.9. The number of para-hydroxylation sites is 1. The van der Waals surface area contributed by atoms with Crippen molar-refractivity contribution in [1.82, 2.24) is 9.36 Å². The van der Waals surface area contributed by atoms with Gasteiger partial charge in [-0.25, -0.2) is 9.48 Å². The second-order valence-corrected chi connectivity index (χ2v) is 5.02. The lowest BCUT2D eigenvalue weighted by Crippen LogP contribution is -2.24. The van der Waals surface area contributed by atoms with Gasteiger partial charge >= 0.3 is 6.09 Å². The predicted octanol–water partition coefficient (Wildman–Crippen LogP) is 2.44. The van der Waals surface area contributed by atoms with Crippen LogP contribution < -0.4 is 10.9 Å². The van der Waals surface area contributed by atoms with Crippen LogP contribution in [0.1, 0.15) is 19.5 Å². The zero-order valence-corrected chi connectivity index (χ0v) is 12.6. The van der Waals surface area contributed by atoms with Gasteiger partial charge in [-0.3, -0.25) is 14.8 Å². The van der Waals surface area contributed by atoms with Crippen LogP contribution in [0.5, 0.6) is 0 Å². The Morgan fingerprint density at radius 2 is 1.86 bits per heavy atom. The Bertz CT molecular complexity index is 699. The lowest BCUT2D eigenvalue weighted by atomic mass is 10.3. The highest BCUT2D eigenvalue weighted by Gasteiger charge is 2.18. The number of rotatable bonds is 3. The first-order chi connectivity index (χ1) is 9.91. The fraction of sp³-hybridized carbons (Fsp3) is 0.333. The molecule has 0 unspecified atom stereocenters. The number of aromatic nitrogens is 2. The van der Waals surface area contributed by atoms with Crippen molar-refractivity contribution in [2.24, 2.45) is 7.05 Å². The number of ether oxygens (including phenoxy) is 1. The van der Waals surface area contributed by atoms with E-state index < -0.39 is 6.09 Å². The number of hydrogen-bond donors (Lipinski definition) is 1. The molecule has 1 N–H and O–H groups in total. The van der Waals surface area contributed by atoms with Crippen LogP contribution in [-0.2, 0) is 11.8 Å². The minimum Gasteiger partial charge on any atom is -0.447 e. The highest BCUT2D eigenvalue weighted by atomic mass is 16.6. The molecule has 0 fully saturated rings. The lowest BCUT2D eigenvalue weighted by Gasteiger charge is -2.08. The van der Waals surface area contributed by atoms with E-state index in [-0.39, 0.29) is 17.4 Å². The number of benzene rings is 1. The summed E-state index contributed by atoms with van der Waals surface area (Å²) in [6, 6.07) is 9.24. The highest BCUT2D eigenvalue weighted by Crippen LogP contribution is 2.14. The molecule has 0 atom stereocenters. The maximum absolute atomic E-state index is 12.5. The van der Waals surface area contributed by atoms with E-state index in [1.165, 1.54) is 4.68 Å². The van der Waals surface area contributed by atoms with Crippen LogP contribution in [0.15, 0.2) is 35.1 Å². The molecular formula is C15H19N3O3. The fourth-order valence-corrected chi connectivity index (χ4v) is 2.06. The van der Waals surface area contributed by atoms with E-state index in [1.54, 1.807) is 32.5 Å². The second-order valence-electron chi connectivity index (χ2n) is 5.02. The first-order valence-corrected chi connectivity index (χ1v) is 6.73. The molecule has 6 heteroatoms. The molecule has 0 saturated carbocycles. The Kier molecular flexibility index (Phi) is 4.16. The van der Waals surface area contributed by atoms with Gasteiger partial charge in [-0.15, -0.1) is 0 Å². The van der Waals surface area contributed by atoms with Crippen molar-refractivity contribution in [1.29, 1.82) is 0 Å². The summed E-state index contributed by atoms with van der Waals surface area (Å²) < 4.78 is 8.21. The molecule has 0 aliphatic rings. The zero-order chi connectivity index (χ0) is 15.6. The quantitative estimate of drug-likeness (QED) is 0.943. The van der Waals surface area contributed by atoms with E-state index in [0.717, 1.165) is 5.69 Å². The third-order valence-electron chi connectivity index (χ3n) is 3.12. The molecule has 21 heavy (non-hydrogen) atoms. The summed E-state index contributed by atoms with van der Waals surface area (Å²) in [5.74, 6) is 0. The molecule has 6 nitrogen and oxygen atoms in total. The van der Waals surface area contributed by atoms with Gasteiger partial charge in [-0.2, -0.15) is 0 Å². The summed E-state index contributed by atoms with van der Waals surface area (Å²) in [6.07, 6.45) is -0.874. The summed E-state index contributed by atoms with van der Waals surface area (Å²) in [5, 5.41) is 2.53. The van der Waals surface area contributed by atoms with E-state index in [0.29, 0.717) is 5.69 Å². The van der Waals surface area contributed by atoms with Crippen molar-refractivity contribution in [3.8, 4) is 5.69 Å². The molecule has 112 valence electrons. The van der Waals surface area contributed by atoms with Gasteiger partial charge in [0.05, 0.1) is 17.5 Å². The number of nitrogens with one attached hydrogen (secondary N) is 1. The summed E-state index contributed by atoms with van der Waals surface area (Å²) in [7, 11) is 1.77. The Balaban J connectivity index is 2.42. The van der Waals surface area contributed by atoms with Crippen LogP contribution in [0.3, 0.4) is 0 Å². The van der Waals surface area contributed by atoms with Gasteiger partial charge < -0.3 is 4.74 Å². The van der Waals surface area contributed by atoms with Crippen LogP contribution >= 0.6 is 0 Å². The first-order valence-electron chi connectivity index (χ1n) is 6.73. The summed E-state index contributed by atoms with van der Waals surface area (Å²) >= 11 is 0. The molecule has 2 rings (SSSR count). The number of anilines is 1. The molecule has 0 radical (unpaired) electrons. The van der Waals surface area contributed by atoms with E-state index in [1.807, 2.05) is 30.3 Å². The number of carbonyl (C=O) groups excluding carboxylic acids is 1. The van der Waals surface area contributed by atoms with Crippen LogP contribution in [0.4, 0.5) is 10.5 Å². The van der Waals surface area contributed by atoms with E-state index in [4.69, 9.17) is 4.74 Å². The second kappa shape index (κ2) is 5.87. The molecule has 0 saturated heterocycles. The molecule has 0 aliphatic heterocycles. The lowest BCUT2D eigenvalue weighted by molar-refractivity contribution is 0.130. The maximum Gasteiger partial charge on any atom is 0.412 e. The van der Waals surface area contributed by atoms with Gasteiger partial charge in [-0.05, 0) is 32.9 Å². The molecular weight excluding hydrogens is 270 g/mol. The van der Waals surface area contributed by atoms with Crippen LogP contribution in [0.2, 0.25) is 0 Å². The van der Waals surface area contributed by atoms with Gasteiger partial charge in [0.2, 0.25) is 0 Å². The third kappa shape index (κ3) is 2.99. The SMILES string of the molecule is Cc1c(NC(=O)OC(C)C)c(=O)n(-c2ccccc2)n1C. The van der Waals surface area contributed by atoms with Crippen molar-refractivity contribution in [3.63, 3.8) is 0 Å². The monoisotopic (exact) mass is 289 g/mol. The summed E-state index contributed by atoms with van der Waals surface area (Å²) in [6.45, 7) is 5.27.